The molecule has 1 aliphatic heterocycles. The Morgan fingerprint density at radius 3 is 2.76 bits per heavy atom. The van der Waals surface area contributed by atoms with Crippen LogP contribution in [0.5, 0.6) is 0 Å². The van der Waals surface area contributed by atoms with Crippen LogP contribution in [0.3, 0.4) is 0 Å². The third-order valence-electron chi connectivity index (χ3n) is 4.46. The molecule has 0 bridgehead atoms. The first-order valence-electron chi connectivity index (χ1n) is 9.05. The molecule has 1 saturated heterocycles. The summed E-state index contributed by atoms with van der Waals surface area (Å²) in [4.78, 5) is 6.88. The topological polar surface area (TPSA) is 48.9 Å². The SMILES string of the molecule is CCOCCCNC(=NC)NC1CC(C)N(Cc2ccccc2)C1.I. The summed E-state index contributed by atoms with van der Waals surface area (Å²) in [7, 11) is 1.83. The van der Waals surface area contributed by atoms with Crippen LogP contribution < -0.4 is 10.6 Å². The maximum absolute atomic E-state index is 5.36. The maximum Gasteiger partial charge on any atom is 0.191 e. The largest absolute Gasteiger partial charge is 0.382 e. The Kier molecular flexibility index (Phi) is 11.1. The van der Waals surface area contributed by atoms with Crippen molar-refractivity contribution in [3.05, 3.63) is 35.9 Å². The number of ether oxygens (including phenoxy) is 1. The van der Waals surface area contributed by atoms with Gasteiger partial charge in [-0.1, -0.05) is 30.3 Å². The van der Waals surface area contributed by atoms with Crippen molar-refractivity contribution in [3.8, 4) is 0 Å². The van der Waals surface area contributed by atoms with E-state index < -0.39 is 0 Å². The highest BCUT2D eigenvalue weighted by Crippen LogP contribution is 2.20. The van der Waals surface area contributed by atoms with Gasteiger partial charge in [-0.2, -0.15) is 0 Å². The highest BCUT2D eigenvalue weighted by molar-refractivity contribution is 14.0. The summed E-state index contributed by atoms with van der Waals surface area (Å²) in [5.74, 6) is 0.894. The van der Waals surface area contributed by atoms with Gasteiger partial charge in [0.1, 0.15) is 0 Å². The van der Waals surface area contributed by atoms with E-state index in [1.807, 2.05) is 14.0 Å². The number of nitrogens with one attached hydrogen (secondary N) is 2. The molecule has 25 heavy (non-hydrogen) atoms. The fourth-order valence-corrected chi connectivity index (χ4v) is 3.15. The molecule has 5 nitrogen and oxygen atoms in total. The maximum atomic E-state index is 5.36. The lowest BCUT2D eigenvalue weighted by Crippen LogP contribution is -2.44. The number of benzene rings is 1. The summed E-state index contributed by atoms with van der Waals surface area (Å²) in [5, 5.41) is 6.93. The van der Waals surface area contributed by atoms with Crippen molar-refractivity contribution in [1.82, 2.24) is 15.5 Å². The molecule has 0 radical (unpaired) electrons. The minimum atomic E-state index is 0. The molecule has 1 aromatic rings. The van der Waals surface area contributed by atoms with Crippen LogP contribution in [0, 0.1) is 0 Å². The summed E-state index contributed by atoms with van der Waals surface area (Å²) < 4.78 is 5.36. The molecule has 1 fully saturated rings. The number of hydrogen-bond donors (Lipinski definition) is 2. The van der Waals surface area contributed by atoms with E-state index in [1.165, 1.54) is 5.56 Å². The first-order chi connectivity index (χ1) is 11.7. The summed E-state index contributed by atoms with van der Waals surface area (Å²) in [6, 6.07) is 11.7. The Morgan fingerprint density at radius 1 is 1.32 bits per heavy atom. The molecule has 1 heterocycles. The molecule has 2 atom stereocenters. The monoisotopic (exact) mass is 460 g/mol. The number of aliphatic imine (C=N–C) groups is 1. The zero-order chi connectivity index (χ0) is 17.2. The van der Waals surface area contributed by atoms with E-state index >= 15 is 0 Å². The fourth-order valence-electron chi connectivity index (χ4n) is 3.15. The molecule has 1 aliphatic rings. The van der Waals surface area contributed by atoms with Gasteiger partial charge in [0, 0.05) is 52.0 Å². The molecule has 2 rings (SSSR count). The molecule has 2 N–H and O–H groups in total. The van der Waals surface area contributed by atoms with E-state index in [0.717, 1.165) is 51.6 Å². The van der Waals surface area contributed by atoms with Crippen molar-refractivity contribution in [3.63, 3.8) is 0 Å². The first kappa shape index (κ1) is 22.2. The Balaban J connectivity index is 0.00000312. The molecule has 0 amide bonds. The van der Waals surface area contributed by atoms with Crippen molar-refractivity contribution in [2.45, 2.75) is 45.3 Å². The lowest BCUT2D eigenvalue weighted by Gasteiger charge is -2.21. The van der Waals surface area contributed by atoms with Crippen LogP contribution in [0.4, 0.5) is 0 Å². The van der Waals surface area contributed by atoms with Gasteiger partial charge in [0.25, 0.3) is 0 Å². The van der Waals surface area contributed by atoms with E-state index in [1.54, 1.807) is 0 Å². The second kappa shape index (κ2) is 12.5. The number of likely N-dealkylation sites (tertiary alicyclic amines) is 1. The van der Waals surface area contributed by atoms with Crippen LogP contribution >= 0.6 is 24.0 Å². The quantitative estimate of drug-likeness (QED) is 0.271. The predicted molar refractivity (Wildman–Crippen MR) is 116 cm³/mol. The molecule has 142 valence electrons. The molecule has 0 aliphatic carbocycles. The summed E-state index contributed by atoms with van der Waals surface area (Å²) in [6.45, 7) is 8.86. The third kappa shape index (κ3) is 7.92. The highest BCUT2D eigenvalue weighted by Gasteiger charge is 2.29. The van der Waals surface area contributed by atoms with Gasteiger partial charge < -0.3 is 15.4 Å². The van der Waals surface area contributed by atoms with Gasteiger partial charge >= 0.3 is 0 Å². The average Bonchev–Trinajstić information content (AvgIpc) is 2.94. The number of rotatable bonds is 8. The van der Waals surface area contributed by atoms with Crippen molar-refractivity contribution in [1.29, 1.82) is 0 Å². The van der Waals surface area contributed by atoms with Crippen LogP contribution in [0.1, 0.15) is 32.3 Å². The molecule has 1 aromatic carbocycles. The van der Waals surface area contributed by atoms with Crippen molar-refractivity contribution >= 4 is 29.9 Å². The fraction of sp³-hybridized carbons (Fsp3) is 0.632. The summed E-state index contributed by atoms with van der Waals surface area (Å²) in [6.07, 6.45) is 2.14. The normalized spacial score (nSPS) is 21.0. The van der Waals surface area contributed by atoms with E-state index in [9.17, 15) is 0 Å². The van der Waals surface area contributed by atoms with Gasteiger partial charge in [-0.3, -0.25) is 9.89 Å². The van der Waals surface area contributed by atoms with Gasteiger partial charge in [0.05, 0.1) is 0 Å². The van der Waals surface area contributed by atoms with Gasteiger partial charge in [-0.15, -0.1) is 24.0 Å². The number of guanidine groups is 1. The van der Waals surface area contributed by atoms with Crippen molar-refractivity contribution < 1.29 is 4.74 Å². The molecule has 6 heteroatoms. The van der Waals surface area contributed by atoms with E-state index in [2.05, 4.69) is 57.8 Å². The van der Waals surface area contributed by atoms with Gasteiger partial charge in [-0.05, 0) is 32.3 Å². The molecule has 0 spiro atoms. The summed E-state index contributed by atoms with van der Waals surface area (Å²) >= 11 is 0. The number of halogens is 1. The van der Waals surface area contributed by atoms with Crippen molar-refractivity contribution in [2.24, 2.45) is 4.99 Å². The van der Waals surface area contributed by atoms with Crippen molar-refractivity contribution in [2.75, 3.05) is 33.4 Å². The van der Waals surface area contributed by atoms with Gasteiger partial charge in [0.2, 0.25) is 0 Å². The molecule has 0 aromatic heterocycles. The van der Waals surface area contributed by atoms with E-state index in [4.69, 9.17) is 4.74 Å². The zero-order valence-electron chi connectivity index (χ0n) is 15.7. The molecule has 2 unspecified atom stereocenters. The van der Waals surface area contributed by atoms with E-state index in [-0.39, 0.29) is 24.0 Å². The molecular weight excluding hydrogens is 427 g/mol. The van der Waals surface area contributed by atoms with Gasteiger partial charge in [-0.25, -0.2) is 0 Å². The third-order valence-corrected chi connectivity index (χ3v) is 4.46. The zero-order valence-corrected chi connectivity index (χ0v) is 18.0. The lowest BCUT2D eigenvalue weighted by molar-refractivity contribution is 0.145. The Morgan fingerprint density at radius 2 is 2.08 bits per heavy atom. The lowest BCUT2D eigenvalue weighted by atomic mass is 10.2. The standard InChI is InChI=1S/C19H32N4O.HI/c1-4-24-12-8-11-21-19(20-3)22-18-13-16(2)23(15-18)14-17-9-6-5-7-10-17;/h5-7,9-10,16,18H,4,8,11-15H2,1-3H3,(H2,20,21,22);1H. The summed E-state index contributed by atoms with van der Waals surface area (Å²) in [5.41, 5.74) is 1.38. The number of nitrogens with zero attached hydrogens (tertiary/aromatic N) is 2. The Labute approximate surface area is 169 Å². The minimum Gasteiger partial charge on any atom is -0.382 e. The Bertz CT molecular complexity index is 497. The molecule has 0 saturated carbocycles. The second-order valence-corrected chi connectivity index (χ2v) is 6.39. The minimum absolute atomic E-state index is 0. The van der Waals surface area contributed by atoms with Crippen LogP contribution in [0.2, 0.25) is 0 Å². The second-order valence-electron chi connectivity index (χ2n) is 6.39. The Hall–Kier alpha value is -0.860. The van der Waals surface area contributed by atoms with Crippen LogP contribution in [-0.4, -0.2) is 56.3 Å². The van der Waals surface area contributed by atoms with Crippen LogP contribution in [-0.2, 0) is 11.3 Å². The molecular formula is C19H33IN4O. The van der Waals surface area contributed by atoms with Crippen LogP contribution in [0.25, 0.3) is 0 Å². The predicted octanol–water partition coefficient (Wildman–Crippen LogP) is 2.86. The first-order valence-corrected chi connectivity index (χ1v) is 9.05. The average molecular weight is 460 g/mol. The van der Waals surface area contributed by atoms with Gasteiger partial charge in [0.15, 0.2) is 5.96 Å². The highest BCUT2D eigenvalue weighted by atomic mass is 127. The number of hydrogen-bond acceptors (Lipinski definition) is 3. The van der Waals surface area contributed by atoms with E-state index in [0.29, 0.717) is 12.1 Å². The smallest absolute Gasteiger partial charge is 0.191 e. The van der Waals surface area contributed by atoms with Crippen LogP contribution in [0.15, 0.2) is 35.3 Å².